The lowest BCUT2D eigenvalue weighted by Crippen LogP contribution is -2.42. The largest absolute Gasteiger partial charge is 0.391 e. The third kappa shape index (κ3) is 5.37. The molecule has 3 aromatic rings. The summed E-state index contributed by atoms with van der Waals surface area (Å²) in [4.78, 5) is 4.39. The predicted molar refractivity (Wildman–Crippen MR) is 123 cm³/mol. The van der Waals surface area contributed by atoms with Gasteiger partial charge in [-0.1, -0.05) is 62.4 Å². The second-order valence-electron chi connectivity index (χ2n) is 8.13. The van der Waals surface area contributed by atoms with Crippen LogP contribution in [0, 0.1) is 11.8 Å². The van der Waals surface area contributed by atoms with Gasteiger partial charge in [-0.25, -0.2) is 13.4 Å². The Kier molecular flexibility index (Phi) is 7.13. The number of nitrogens with zero attached hydrogens (tertiary/aromatic N) is 2. The van der Waals surface area contributed by atoms with Crippen molar-refractivity contribution in [1.82, 2.24) is 9.29 Å². The summed E-state index contributed by atoms with van der Waals surface area (Å²) in [5.41, 5.74) is 7.56. The van der Waals surface area contributed by atoms with Crippen LogP contribution in [0.5, 0.6) is 0 Å². The molecule has 2 aromatic carbocycles. The third-order valence-corrected chi connectivity index (χ3v) is 7.71. The van der Waals surface area contributed by atoms with Crippen LogP contribution in [-0.4, -0.2) is 42.0 Å². The average molecular weight is 448 g/mol. The van der Waals surface area contributed by atoms with Crippen LogP contribution in [0.4, 0.5) is 5.13 Å². The first-order chi connectivity index (χ1) is 14.2. The molecule has 6 nitrogen and oxygen atoms in total. The minimum absolute atomic E-state index is 0.0530. The first-order valence-corrected chi connectivity index (χ1v) is 12.3. The summed E-state index contributed by atoms with van der Waals surface area (Å²) in [5.74, 6) is 0.0419. The van der Waals surface area contributed by atoms with Crippen molar-refractivity contribution in [2.75, 3.05) is 18.8 Å². The number of rotatable bonds is 9. The quantitative estimate of drug-likeness (QED) is 0.521. The summed E-state index contributed by atoms with van der Waals surface area (Å²) in [6.45, 7) is 6.27. The van der Waals surface area contributed by atoms with E-state index in [1.54, 1.807) is 18.2 Å². The maximum atomic E-state index is 13.4. The fraction of sp³-hybridized carbons (Fsp3) is 0.409. The van der Waals surface area contributed by atoms with E-state index in [2.05, 4.69) is 4.98 Å². The molecule has 1 aromatic heterocycles. The molecule has 0 spiro atoms. The molecule has 0 bridgehead atoms. The molecule has 0 amide bonds. The van der Waals surface area contributed by atoms with E-state index in [0.29, 0.717) is 23.6 Å². The van der Waals surface area contributed by atoms with Crippen molar-refractivity contribution in [3.8, 4) is 0 Å². The van der Waals surface area contributed by atoms with Crippen LogP contribution in [0.2, 0.25) is 0 Å². The van der Waals surface area contributed by atoms with Crippen molar-refractivity contribution in [1.29, 1.82) is 0 Å². The van der Waals surface area contributed by atoms with E-state index in [4.69, 9.17) is 5.73 Å². The van der Waals surface area contributed by atoms with Crippen LogP contribution in [0.1, 0.15) is 26.3 Å². The number of sulfonamides is 1. The molecule has 3 N–H and O–H groups in total. The summed E-state index contributed by atoms with van der Waals surface area (Å²) >= 11 is 1.26. The molecule has 0 aliphatic rings. The predicted octanol–water partition coefficient (Wildman–Crippen LogP) is 3.76. The number of nitrogens with two attached hydrogens (primary N) is 1. The molecule has 3 rings (SSSR count). The van der Waals surface area contributed by atoms with Gasteiger partial charge in [0.2, 0.25) is 10.0 Å². The van der Waals surface area contributed by atoms with Gasteiger partial charge in [-0.15, -0.1) is 0 Å². The van der Waals surface area contributed by atoms with Crippen molar-refractivity contribution < 1.29 is 13.5 Å². The zero-order valence-electron chi connectivity index (χ0n) is 17.5. The lowest BCUT2D eigenvalue weighted by molar-refractivity contribution is 0.0919. The van der Waals surface area contributed by atoms with E-state index in [-0.39, 0.29) is 23.3 Å². The summed E-state index contributed by atoms with van der Waals surface area (Å²) in [6.07, 6.45) is -0.0922. The summed E-state index contributed by atoms with van der Waals surface area (Å²) in [7, 11) is -3.77. The number of aromatic nitrogens is 1. The summed E-state index contributed by atoms with van der Waals surface area (Å²) in [6, 6.07) is 14.8. The van der Waals surface area contributed by atoms with Crippen molar-refractivity contribution in [2.45, 2.75) is 38.2 Å². The van der Waals surface area contributed by atoms with Gasteiger partial charge in [0.25, 0.3) is 0 Å². The van der Waals surface area contributed by atoms with Crippen molar-refractivity contribution in [3.05, 3.63) is 54.1 Å². The first-order valence-electron chi connectivity index (χ1n) is 10.0. The Labute approximate surface area is 182 Å². The van der Waals surface area contributed by atoms with Crippen LogP contribution < -0.4 is 5.73 Å². The molecule has 162 valence electrons. The third-order valence-electron chi connectivity index (χ3n) is 5.03. The van der Waals surface area contributed by atoms with Gasteiger partial charge in [-0.3, -0.25) is 0 Å². The van der Waals surface area contributed by atoms with Crippen molar-refractivity contribution in [2.24, 2.45) is 11.8 Å². The van der Waals surface area contributed by atoms with Gasteiger partial charge in [0.05, 0.1) is 21.2 Å². The monoisotopic (exact) mass is 447 g/mol. The lowest BCUT2D eigenvalue weighted by atomic mass is 9.96. The second-order valence-corrected chi connectivity index (χ2v) is 11.1. The normalized spacial score (nSPS) is 14.5. The number of benzene rings is 2. The van der Waals surface area contributed by atoms with E-state index in [1.807, 2.05) is 51.1 Å². The molecule has 0 saturated carbocycles. The van der Waals surface area contributed by atoms with Gasteiger partial charge in [0.1, 0.15) is 0 Å². The second kappa shape index (κ2) is 9.43. The lowest BCUT2D eigenvalue weighted by Gasteiger charge is -2.29. The number of hydrogen-bond acceptors (Lipinski definition) is 6. The van der Waals surface area contributed by atoms with Crippen LogP contribution >= 0.6 is 11.3 Å². The van der Waals surface area contributed by atoms with Gasteiger partial charge in [-0.05, 0) is 42.0 Å². The molecule has 8 heteroatoms. The van der Waals surface area contributed by atoms with E-state index >= 15 is 0 Å². The van der Waals surface area contributed by atoms with Gasteiger partial charge >= 0.3 is 0 Å². The standard InChI is InChI=1S/C22H29N3O3S2/c1-15(2)13-25(14-20(26)16(3)11-17-7-5-4-6-8-17)30(27,28)18-9-10-19-21(12-18)29-22(23)24-19/h4-10,12,15-16,20,26H,11,13-14H2,1-3H3,(H2,23,24)/t16-,20+/m0/s1. The van der Waals surface area contributed by atoms with E-state index < -0.39 is 16.1 Å². The molecular weight excluding hydrogens is 418 g/mol. The van der Waals surface area contributed by atoms with E-state index in [1.165, 1.54) is 15.6 Å². The molecule has 30 heavy (non-hydrogen) atoms. The topological polar surface area (TPSA) is 96.5 Å². The molecule has 0 saturated heterocycles. The number of nitrogen functional groups attached to an aromatic ring is 1. The Bertz CT molecular complexity index is 1080. The summed E-state index contributed by atoms with van der Waals surface area (Å²) in [5, 5.41) is 11.2. The fourth-order valence-electron chi connectivity index (χ4n) is 3.42. The smallest absolute Gasteiger partial charge is 0.243 e. The van der Waals surface area contributed by atoms with Crippen molar-refractivity contribution >= 4 is 36.7 Å². The molecule has 0 aliphatic carbocycles. The maximum absolute atomic E-state index is 13.4. The van der Waals surface area contributed by atoms with Gasteiger partial charge in [0.15, 0.2) is 5.13 Å². The van der Waals surface area contributed by atoms with Crippen LogP contribution in [0.25, 0.3) is 10.2 Å². The molecule has 2 atom stereocenters. The first kappa shape index (κ1) is 22.7. The Balaban J connectivity index is 1.82. The van der Waals surface area contributed by atoms with E-state index in [0.717, 1.165) is 10.3 Å². The number of aliphatic hydroxyl groups excluding tert-OH is 1. The number of aliphatic hydroxyl groups is 1. The fourth-order valence-corrected chi connectivity index (χ4v) is 5.92. The average Bonchev–Trinajstić information content (AvgIpc) is 3.07. The van der Waals surface area contributed by atoms with Crippen molar-refractivity contribution in [3.63, 3.8) is 0 Å². The van der Waals surface area contributed by atoms with Gasteiger partial charge in [-0.2, -0.15) is 4.31 Å². The van der Waals surface area contributed by atoms with Crippen LogP contribution in [0.3, 0.4) is 0 Å². The maximum Gasteiger partial charge on any atom is 0.243 e. The zero-order valence-corrected chi connectivity index (χ0v) is 19.2. The number of hydrogen-bond donors (Lipinski definition) is 2. The number of fused-ring (bicyclic) bond motifs is 1. The Morgan fingerprint density at radius 3 is 2.47 bits per heavy atom. The number of thiazole rings is 1. The minimum Gasteiger partial charge on any atom is -0.391 e. The minimum atomic E-state index is -3.77. The van der Waals surface area contributed by atoms with Crippen LogP contribution in [0.15, 0.2) is 53.4 Å². The Morgan fingerprint density at radius 2 is 1.80 bits per heavy atom. The molecule has 0 fully saturated rings. The highest BCUT2D eigenvalue weighted by Gasteiger charge is 2.29. The molecular formula is C22H29N3O3S2. The van der Waals surface area contributed by atoms with Gasteiger partial charge < -0.3 is 10.8 Å². The zero-order chi connectivity index (χ0) is 21.9. The molecule has 0 unspecified atom stereocenters. The highest BCUT2D eigenvalue weighted by atomic mass is 32.2. The Morgan fingerprint density at radius 1 is 1.10 bits per heavy atom. The van der Waals surface area contributed by atoms with Gasteiger partial charge in [0, 0.05) is 13.1 Å². The van der Waals surface area contributed by atoms with Crippen LogP contribution in [-0.2, 0) is 16.4 Å². The molecule has 1 heterocycles. The molecule has 0 aliphatic heterocycles. The SMILES string of the molecule is CC(C)CN(C[C@@H](O)[C@@H](C)Cc1ccccc1)S(=O)(=O)c1ccc2nc(N)sc2c1. The summed E-state index contributed by atoms with van der Waals surface area (Å²) < 4.78 is 28.9. The highest BCUT2D eigenvalue weighted by Crippen LogP contribution is 2.28. The number of anilines is 1. The highest BCUT2D eigenvalue weighted by molar-refractivity contribution is 7.89. The Hall–Kier alpha value is -2.00. The molecule has 0 radical (unpaired) electrons. The van der Waals surface area contributed by atoms with E-state index in [9.17, 15) is 13.5 Å².